The number of hydrogen-bond donors (Lipinski definition) is 6. The summed E-state index contributed by atoms with van der Waals surface area (Å²) < 4.78 is 11.6. The van der Waals surface area contributed by atoms with E-state index in [1.54, 1.807) is 0 Å². The maximum atomic E-state index is 11.0. The minimum atomic E-state index is -2.43. The molecule has 16 heavy (non-hydrogen) atoms. The predicted molar refractivity (Wildman–Crippen MR) is 50.7 cm³/mol. The Labute approximate surface area is 93.0 Å². The number of nitrogens with two attached hydrogens (primary N) is 1. The number of hydrogen-bond acceptors (Lipinski definition) is 7. The Balaban J connectivity index is 2.84. The van der Waals surface area contributed by atoms with E-state index in [1.165, 1.54) is 0 Å². The minimum absolute atomic E-state index is 0.626. The highest BCUT2D eigenvalue weighted by Gasteiger charge is 2.51. The molecule has 5 atom stereocenters. The molecule has 0 bridgehead atoms. The van der Waals surface area contributed by atoms with Crippen LogP contribution in [0.2, 0.25) is 0 Å². The Bertz CT molecular complexity index is 289. The van der Waals surface area contributed by atoms with Crippen molar-refractivity contribution in [1.29, 1.82) is 0 Å². The Hall–Kier alpha value is -0.770. The number of rotatable bonds is 2. The maximum Gasteiger partial charge on any atom is 0.246 e. The van der Waals surface area contributed by atoms with Gasteiger partial charge in [0.1, 0.15) is 24.4 Å². The first-order valence-electron chi connectivity index (χ1n) is 5.29. The molecule has 0 aromatic rings. The van der Waals surface area contributed by atoms with Gasteiger partial charge in [0.25, 0.3) is 0 Å². The van der Waals surface area contributed by atoms with Gasteiger partial charge in [-0.2, -0.15) is 0 Å². The van der Waals surface area contributed by atoms with Gasteiger partial charge >= 0.3 is 0 Å². The summed E-state index contributed by atoms with van der Waals surface area (Å²) in [7, 11) is 0. The number of nitrogens with one attached hydrogen (secondary N) is 1. The summed E-state index contributed by atoms with van der Waals surface area (Å²) in [6, 6.07) is -1.49. The second-order valence-electron chi connectivity index (χ2n) is 3.62. The molecule has 7 N–H and O–H groups in total. The lowest BCUT2D eigenvalue weighted by Crippen LogP contribution is -2.73. The SMILES string of the molecule is [2H]CC(=O)N[C@@H]1[C@@H](O)[C@H](O)[C@@H](CO)OC1(N)O. The third-order valence-electron chi connectivity index (χ3n) is 2.35. The van der Waals surface area contributed by atoms with E-state index in [4.69, 9.17) is 16.9 Å². The molecule has 0 aliphatic carbocycles. The molecular weight excluding hydrogens is 220 g/mol. The zero-order chi connectivity index (χ0) is 13.2. The highest BCUT2D eigenvalue weighted by molar-refractivity contribution is 5.73. The van der Waals surface area contributed by atoms with Crippen LogP contribution in [0, 0.1) is 0 Å². The van der Waals surface area contributed by atoms with Crippen molar-refractivity contribution in [2.75, 3.05) is 6.61 Å². The molecule has 94 valence electrons. The van der Waals surface area contributed by atoms with E-state index in [2.05, 4.69) is 5.32 Å². The second kappa shape index (κ2) is 4.62. The molecule has 0 aromatic carbocycles. The smallest absolute Gasteiger partial charge is 0.246 e. The molecule has 1 fully saturated rings. The Morgan fingerprint density at radius 1 is 1.62 bits per heavy atom. The average molecular weight is 237 g/mol. The molecule has 0 aromatic heterocycles. The molecule has 0 radical (unpaired) electrons. The van der Waals surface area contributed by atoms with Crippen molar-refractivity contribution in [3.8, 4) is 0 Å². The lowest BCUT2D eigenvalue weighted by molar-refractivity contribution is -0.315. The van der Waals surface area contributed by atoms with Gasteiger partial charge < -0.3 is 30.5 Å². The second-order valence-corrected chi connectivity index (χ2v) is 3.62. The number of ether oxygens (including phenoxy) is 1. The van der Waals surface area contributed by atoms with Gasteiger partial charge in [0, 0.05) is 8.27 Å². The van der Waals surface area contributed by atoms with Crippen LogP contribution in [-0.4, -0.2) is 63.2 Å². The van der Waals surface area contributed by atoms with Crippen molar-refractivity contribution >= 4 is 5.91 Å². The fraction of sp³-hybridized carbons (Fsp3) is 0.875. The van der Waals surface area contributed by atoms with Gasteiger partial charge in [0.05, 0.1) is 6.61 Å². The lowest BCUT2D eigenvalue weighted by atomic mass is 9.94. The van der Waals surface area contributed by atoms with E-state index in [1.807, 2.05) is 0 Å². The Kier molecular flexibility index (Phi) is 3.38. The molecule has 1 heterocycles. The Morgan fingerprint density at radius 3 is 2.75 bits per heavy atom. The van der Waals surface area contributed by atoms with Crippen LogP contribution in [0.5, 0.6) is 0 Å². The molecule has 0 spiro atoms. The number of aliphatic hydroxyl groups excluding tert-OH is 3. The van der Waals surface area contributed by atoms with Gasteiger partial charge in [-0.25, -0.2) is 0 Å². The maximum absolute atomic E-state index is 11.0. The molecule has 1 aliphatic heterocycles. The van der Waals surface area contributed by atoms with Crippen LogP contribution < -0.4 is 11.1 Å². The monoisotopic (exact) mass is 237 g/mol. The lowest BCUT2D eigenvalue weighted by Gasteiger charge is -2.45. The quantitative estimate of drug-likeness (QED) is 0.270. The number of carbonyl (C=O) groups excluding carboxylic acids is 1. The van der Waals surface area contributed by atoms with Crippen molar-refractivity contribution in [1.82, 2.24) is 5.32 Å². The van der Waals surface area contributed by atoms with Crippen LogP contribution in [0.4, 0.5) is 0 Å². The van der Waals surface area contributed by atoms with Crippen LogP contribution in [-0.2, 0) is 9.53 Å². The predicted octanol–water partition coefficient (Wildman–Crippen LogP) is -3.79. The molecule has 1 aliphatic rings. The summed E-state index contributed by atoms with van der Waals surface area (Å²) in [6.45, 7) is -1.28. The standard InChI is InChI=1S/C8H16N2O6/c1-3(12)10-7-6(14)5(13)4(2-11)16-8(7,9)15/h4-7,11,13-15H,2,9H2,1H3,(H,10,12)/t4-,5-,6+,7-,8?/m1/s1/i1D. The van der Waals surface area contributed by atoms with Crippen molar-refractivity contribution in [3.63, 3.8) is 0 Å². The fourth-order valence-corrected chi connectivity index (χ4v) is 1.55. The normalized spacial score (nSPS) is 44.9. The van der Waals surface area contributed by atoms with Crippen LogP contribution in [0.3, 0.4) is 0 Å². The highest BCUT2D eigenvalue weighted by atomic mass is 16.7. The van der Waals surface area contributed by atoms with Gasteiger partial charge in [-0.15, -0.1) is 0 Å². The molecule has 1 amide bonds. The fourth-order valence-electron chi connectivity index (χ4n) is 1.55. The molecule has 1 saturated heterocycles. The number of amides is 1. The van der Waals surface area contributed by atoms with Gasteiger partial charge in [-0.3, -0.25) is 10.5 Å². The van der Waals surface area contributed by atoms with Gasteiger partial charge in [0.2, 0.25) is 11.8 Å². The molecule has 1 rings (SSSR count). The van der Waals surface area contributed by atoms with Gasteiger partial charge in [-0.05, 0) is 0 Å². The van der Waals surface area contributed by atoms with Crippen molar-refractivity contribution in [2.45, 2.75) is 37.2 Å². The van der Waals surface area contributed by atoms with E-state index in [0.717, 1.165) is 0 Å². The van der Waals surface area contributed by atoms with E-state index in [-0.39, 0.29) is 0 Å². The molecule has 1 unspecified atom stereocenters. The van der Waals surface area contributed by atoms with Crippen molar-refractivity contribution in [2.24, 2.45) is 5.73 Å². The summed E-state index contributed by atoms with van der Waals surface area (Å²) in [4.78, 5) is 11.0. The third kappa shape index (κ3) is 2.48. The van der Waals surface area contributed by atoms with Crippen LogP contribution in [0.1, 0.15) is 8.27 Å². The average Bonchev–Trinajstić information content (AvgIpc) is 2.29. The van der Waals surface area contributed by atoms with E-state index in [0.29, 0.717) is 0 Å². The van der Waals surface area contributed by atoms with Crippen LogP contribution >= 0.6 is 0 Å². The van der Waals surface area contributed by atoms with Gasteiger partial charge in [0.15, 0.2) is 0 Å². The first-order chi connectivity index (χ1) is 7.83. The molecule has 8 heteroatoms. The zero-order valence-electron chi connectivity index (χ0n) is 9.41. The summed E-state index contributed by atoms with van der Waals surface area (Å²) >= 11 is 0. The Morgan fingerprint density at radius 2 is 2.25 bits per heavy atom. The van der Waals surface area contributed by atoms with Crippen molar-refractivity contribution < 1.29 is 31.3 Å². The van der Waals surface area contributed by atoms with Crippen LogP contribution in [0.25, 0.3) is 0 Å². The first-order valence-corrected chi connectivity index (χ1v) is 4.58. The molecular formula is C8H16N2O6. The summed E-state index contributed by atoms with van der Waals surface area (Å²) in [5, 5.41) is 39.8. The van der Waals surface area contributed by atoms with Gasteiger partial charge in [-0.1, -0.05) is 0 Å². The zero-order valence-corrected chi connectivity index (χ0v) is 8.41. The topological polar surface area (TPSA) is 145 Å². The summed E-state index contributed by atoms with van der Waals surface area (Å²) in [5.74, 6) is -3.23. The van der Waals surface area contributed by atoms with Crippen LogP contribution in [0.15, 0.2) is 0 Å². The minimum Gasteiger partial charge on any atom is -0.394 e. The first kappa shape index (κ1) is 11.7. The van der Waals surface area contributed by atoms with E-state index >= 15 is 0 Å². The third-order valence-corrected chi connectivity index (χ3v) is 2.35. The van der Waals surface area contributed by atoms with E-state index in [9.17, 15) is 20.1 Å². The largest absolute Gasteiger partial charge is 0.394 e. The molecule has 8 nitrogen and oxygen atoms in total. The van der Waals surface area contributed by atoms with E-state index < -0.39 is 49.7 Å². The summed E-state index contributed by atoms with van der Waals surface area (Å²) in [5.41, 5.74) is 5.32. The number of carbonyl (C=O) groups is 1. The van der Waals surface area contributed by atoms with Crippen molar-refractivity contribution in [3.05, 3.63) is 0 Å². The number of aliphatic hydroxyl groups is 4. The highest BCUT2D eigenvalue weighted by Crippen LogP contribution is 2.24. The molecule has 0 saturated carbocycles. The summed E-state index contributed by atoms with van der Waals surface area (Å²) in [6.07, 6.45) is -4.39.